The van der Waals surface area contributed by atoms with Crippen LogP contribution in [0, 0.1) is 6.20 Å². The van der Waals surface area contributed by atoms with Crippen molar-refractivity contribution in [1.29, 1.82) is 0 Å². The molecule has 3 nitrogen and oxygen atoms in total. The second-order valence-corrected chi connectivity index (χ2v) is 0.603. The number of hydrogen-bond donors (Lipinski definition) is 1. The summed E-state index contributed by atoms with van der Waals surface area (Å²) in [5.74, 6) is 0. The Kier molecular flexibility index (Phi) is 3.41. The van der Waals surface area contributed by atoms with Crippen LogP contribution in [0.5, 0.6) is 0 Å². The number of H-pyrrole nitrogens is 1. The van der Waals surface area contributed by atoms with Crippen LogP contribution in [-0.4, -0.2) is 15.4 Å². The Bertz CT molecular complexity index is 65.3. The molecule has 1 N–H and O–H groups in total. The van der Waals surface area contributed by atoms with Gasteiger partial charge in [0.15, 0.2) is 0 Å². The molecule has 0 unspecified atom stereocenters. The predicted molar refractivity (Wildman–Crippen MR) is 15.2 cm³/mol. The SMILES string of the molecule is [Na+].[c-]1c[nH]nn1. The molecule has 1 aromatic heterocycles. The minimum atomic E-state index is 0. The van der Waals surface area contributed by atoms with Gasteiger partial charge in [0.25, 0.3) is 0 Å². The molecule has 0 aromatic carbocycles. The smallest absolute Gasteiger partial charge is 0.352 e. The minimum absolute atomic E-state index is 0. The molecular formula is C2H2N3Na. The van der Waals surface area contributed by atoms with Crippen molar-refractivity contribution in [3.8, 4) is 0 Å². The Hall–Kier alpha value is 0.140. The van der Waals surface area contributed by atoms with E-state index in [1.54, 1.807) is 0 Å². The maximum Gasteiger partial charge on any atom is 1.00 e. The van der Waals surface area contributed by atoms with Gasteiger partial charge in [-0.2, -0.15) is 0 Å². The molecule has 0 atom stereocenters. The van der Waals surface area contributed by atoms with Crippen LogP contribution in [0.2, 0.25) is 0 Å². The van der Waals surface area contributed by atoms with E-state index >= 15 is 0 Å². The zero-order chi connectivity index (χ0) is 3.54. The summed E-state index contributed by atoms with van der Waals surface area (Å²) in [6, 6.07) is 0. The fourth-order valence-electron chi connectivity index (χ4n) is 0.144. The number of aromatic amines is 1. The van der Waals surface area contributed by atoms with E-state index in [1.807, 2.05) is 0 Å². The minimum Gasteiger partial charge on any atom is -0.352 e. The molecule has 0 fully saturated rings. The average molecular weight is 91.0 g/mol. The van der Waals surface area contributed by atoms with E-state index < -0.39 is 0 Å². The summed E-state index contributed by atoms with van der Waals surface area (Å²) in [6.45, 7) is 0. The molecule has 0 aliphatic heterocycles. The van der Waals surface area contributed by atoms with Gasteiger partial charge in [-0.25, -0.2) is 0 Å². The molecule has 6 heavy (non-hydrogen) atoms. The molecule has 0 radical (unpaired) electrons. The average Bonchev–Trinajstić information content (AvgIpc) is 1.76. The van der Waals surface area contributed by atoms with Crippen LogP contribution in [0.4, 0.5) is 0 Å². The summed E-state index contributed by atoms with van der Waals surface area (Å²) in [4.78, 5) is 0. The van der Waals surface area contributed by atoms with Crippen molar-refractivity contribution < 1.29 is 29.6 Å². The zero-order valence-electron chi connectivity index (χ0n) is 3.47. The van der Waals surface area contributed by atoms with Gasteiger partial charge in [0.1, 0.15) is 0 Å². The van der Waals surface area contributed by atoms with Gasteiger partial charge in [0.05, 0.1) is 0 Å². The molecule has 0 saturated carbocycles. The van der Waals surface area contributed by atoms with Crippen molar-refractivity contribution >= 4 is 0 Å². The molecule has 0 bridgehead atoms. The Balaban J connectivity index is 0.000000250. The first-order valence-electron chi connectivity index (χ1n) is 1.22. The topological polar surface area (TPSA) is 41.6 Å². The number of nitrogens with zero attached hydrogens (tertiary/aromatic N) is 2. The van der Waals surface area contributed by atoms with Crippen molar-refractivity contribution in [1.82, 2.24) is 15.4 Å². The summed E-state index contributed by atoms with van der Waals surface area (Å²) in [7, 11) is 0. The van der Waals surface area contributed by atoms with Crippen LogP contribution in [0.25, 0.3) is 0 Å². The third kappa shape index (κ3) is 1.55. The van der Waals surface area contributed by atoms with Crippen molar-refractivity contribution in [2.75, 3.05) is 0 Å². The van der Waals surface area contributed by atoms with Gasteiger partial charge >= 0.3 is 29.6 Å². The van der Waals surface area contributed by atoms with E-state index in [1.165, 1.54) is 6.20 Å². The summed E-state index contributed by atoms with van der Waals surface area (Å²) in [6.07, 6.45) is 3.97. The second kappa shape index (κ2) is 3.33. The number of hydrogen-bond acceptors (Lipinski definition) is 2. The maximum atomic E-state index is 3.29. The number of aromatic nitrogens is 3. The Morgan fingerprint density at radius 2 is 2.50 bits per heavy atom. The molecule has 0 amide bonds. The molecule has 0 spiro atoms. The summed E-state index contributed by atoms with van der Waals surface area (Å²) in [5.41, 5.74) is 0. The van der Waals surface area contributed by atoms with Gasteiger partial charge in [-0.15, -0.1) is 11.4 Å². The van der Waals surface area contributed by atoms with E-state index in [0.717, 1.165) is 0 Å². The van der Waals surface area contributed by atoms with Gasteiger partial charge in [-0.05, 0) is 0 Å². The summed E-state index contributed by atoms with van der Waals surface area (Å²) in [5, 5.41) is 9.03. The van der Waals surface area contributed by atoms with Crippen LogP contribution >= 0.6 is 0 Å². The molecule has 0 aliphatic rings. The molecule has 0 aliphatic carbocycles. The van der Waals surface area contributed by atoms with E-state index in [9.17, 15) is 0 Å². The Labute approximate surface area is 57.4 Å². The third-order valence-corrected chi connectivity index (χ3v) is 0.295. The standard InChI is InChI=1S/C2H2N3.Na/c1-2-4-5-3-1;/h1H,(H,3,4,5);/q-1;+1. The maximum absolute atomic E-state index is 3.29. The molecule has 26 valence electrons. The molecule has 1 rings (SSSR count). The number of nitrogens with one attached hydrogen (secondary N) is 1. The third-order valence-electron chi connectivity index (χ3n) is 0.295. The fraction of sp³-hybridized carbons (Fsp3) is 0. The van der Waals surface area contributed by atoms with Crippen LogP contribution in [0.1, 0.15) is 0 Å². The largest absolute Gasteiger partial charge is 1.00 e. The number of rotatable bonds is 0. The quantitative estimate of drug-likeness (QED) is 0.267. The van der Waals surface area contributed by atoms with Crippen molar-refractivity contribution in [2.24, 2.45) is 0 Å². The molecule has 0 saturated heterocycles. The zero-order valence-corrected chi connectivity index (χ0v) is 5.47. The first-order chi connectivity index (χ1) is 2.50. The van der Waals surface area contributed by atoms with Gasteiger partial charge in [-0.1, -0.05) is 0 Å². The first-order valence-corrected chi connectivity index (χ1v) is 1.22. The van der Waals surface area contributed by atoms with Crippen molar-refractivity contribution in [3.05, 3.63) is 12.4 Å². The van der Waals surface area contributed by atoms with E-state index in [2.05, 4.69) is 21.6 Å². The summed E-state index contributed by atoms with van der Waals surface area (Å²) >= 11 is 0. The van der Waals surface area contributed by atoms with Gasteiger partial charge in [0, 0.05) is 0 Å². The van der Waals surface area contributed by atoms with Crippen LogP contribution in [0.3, 0.4) is 0 Å². The first kappa shape index (κ1) is 6.14. The molecular weight excluding hydrogens is 89.0 g/mol. The van der Waals surface area contributed by atoms with Crippen molar-refractivity contribution in [2.45, 2.75) is 0 Å². The molecule has 1 aromatic rings. The van der Waals surface area contributed by atoms with Gasteiger partial charge in [0.2, 0.25) is 0 Å². The molecule has 1 heterocycles. The summed E-state index contributed by atoms with van der Waals surface area (Å²) < 4.78 is 0. The Morgan fingerprint density at radius 1 is 1.67 bits per heavy atom. The van der Waals surface area contributed by atoms with Crippen LogP contribution in [-0.2, 0) is 0 Å². The van der Waals surface area contributed by atoms with E-state index in [0.29, 0.717) is 0 Å². The molecule has 4 heteroatoms. The van der Waals surface area contributed by atoms with Crippen molar-refractivity contribution in [3.63, 3.8) is 0 Å². The predicted octanol–water partition coefficient (Wildman–Crippen LogP) is -3.39. The van der Waals surface area contributed by atoms with Gasteiger partial charge < -0.3 is 16.4 Å². The monoisotopic (exact) mass is 91.0 g/mol. The second-order valence-electron chi connectivity index (χ2n) is 0.603. The van der Waals surface area contributed by atoms with E-state index in [-0.39, 0.29) is 29.6 Å². The van der Waals surface area contributed by atoms with Gasteiger partial charge in [-0.3, -0.25) is 0 Å². The Morgan fingerprint density at radius 3 is 2.67 bits per heavy atom. The van der Waals surface area contributed by atoms with Crippen LogP contribution in [0.15, 0.2) is 6.20 Å². The van der Waals surface area contributed by atoms with Crippen LogP contribution < -0.4 is 29.6 Å². The fourth-order valence-corrected chi connectivity index (χ4v) is 0.144. The van der Waals surface area contributed by atoms with E-state index in [4.69, 9.17) is 0 Å². The normalized spacial score (nSPS) is 6.67.